The first-order valence-corrected chi connectivity index (χ1v) is 11.8. The van der Waals surface area contributed by atoms with Crippen molar-refractivity contribution in [3.8, 4) is 5.75 Å². The molecule has 0 aliphatic carbocycles. The van der Waals surface area contributed by atoms with Gasteiger partial charge in [0, 0.05) is 55.2 Å². The lowest BCUT2D eigenvalue weighted by atomic mass is 10.0. The van der Waals surface area contributed by atoms with Gasteiger partial charge in [0.25, 0.3) is 0 Å². The zero-order valence-electron chi connectivity index (χ0n) is 17.2. The highest BCUT2D eigenvalue weighted by Gasteiger charge is 2.21. The van der Waals surface area contributed by atoms with E-state index in [-0.39, 0.29) is 12.4 Å². The number of hydrogen-bond acceptors (Lipinski definition) is 6. The van der Waals surface area contributed by atoms with E-state index in [0.717, 1.165) is 48.4 Å². The highest BCUT2D eigenvalue weighted by atomic mass is 32.2. The first kappa shape index (κ1) is 20.1. The maximum atomic E-state index is 14.5. The summed E-state index contributed by atoms with van der Waals surface area (Å²) < 4.78 is 35.6. The molecule has 2 aliphatic heterocycles. The number of anilines is 1. The van der Waals surface area contributed by atoms with Gasteiger partial charge in [-0.25, -0.2) is 17.9 Å². The van der Waals surface area contributed by atoms with E-state index in [2.05, 4.69) is 26.6 Å². The predicted octanol–water partition coefficient (Wildman–Crippen LogP) is 2.58. The van der Waals surface area contributed by atoms with E-state index in [1.807, 2.05) is 4.31 Å². The average molecular weight is 443 g/mol. The van der Waals surface area contributed by atoms with E-state index in [1.54, 1.807) is 29.2 Å². The fraction of sp³-hybridized carbons (Fsp3) is 0.381. The molecule has 0 saturated carbocycles. The molecule has 10 heteroatoms. The van der Waals surface area contributed by atoms with Crippen molar-refractivity contribution >= 4 is 28.2 Å². The lowest BCUT2D eigenvalue weighted by Crippen LogP contribution is -2.26. The van der Waals surface area contributed by atoms with E-state index < -0.39 is 11.0 Å². The summed E-state index contributed by atoms with van der Waals surface area (Å²) in [5.74, 6) is 1.04. The number of hydrogen-bond donors (Lipinski definition) is 1. The van der Waals surface area contributed by atoms with Crippen LogP contribution in [-0.4, -0.2) is 54.0 Å². The molecule has 0 fully saturated rings. The van der Waals surface area contributed by atoms with Crippen molar-refractivity contribution in [2.75, 3.05) is 31.3 Å². The molecule has 0 saturated heterocycles. The molecule has 0 bridgehead atoms. The molecule has 2 aromatic heterocycles. The predicted molar refractivity (Wildman–Crippen MR) is 117 cm³/mol. The van der Waals surface area contributed by atoms with E-state index in [1.165, 1.54) is 6.07 Å². The monoisotopic (exact) mass is 442 g/mol. The van der Waals surface area contributed by atoms with Crippen LogP contribution >= 0.6 is 0 Å². The van der Waals surface area contributed by atoms with Crippen LogP contribution in [-0.2, 0) is 24.0 Å². The van der Waals surface area contributed by atoms with Gasteiger partial charge in [0.1, 0.15) is 17.9 Å². The molecule has 0 radical (unpaired) electrons. The summed E-state index contributed by atoms with van der Waals surface area (Å²) in [4.78, 5) is 4.58. The number of nitrogens with one attached hydrogen (secondary N) is 1. The Morgan fingerprint density at radius 3 is 3.06 bits per heavy atom. The van der Waals surface area contributed by atoms with Crippen molar-refractivity contribution in [2.45, 2.75) is 25.8 Å². The second-order valence-electron chi connectivity index (χ2n) is 7.60. The molecule has 3 aromatic rings. The van der Waals surface area contributed by atoms with Crippen molar-refractivity contribution < 1.29 is 13.3 Å². The fourth-order valence-corrected chi connectivity index (χ4v) is 4.90. The zero-order chi connectivity index (χ0) is 21.4. The van der Waals surface area contributed by atoms with Crippen LogP contribution in [0.1, 0.15) is 29.5 Å². The SMILES string of the molecule is CS(=O)N1CCC=C(c2cnc(NCc3c(F)ccc4c3CCO4)n3cnnc23)CC1. The molecule has 5 rings (SSSR count). The maximum Gasteiger partial charge on any atom is 0.210 e. The van der Waals surface area contributed by atoms with E-state index in [0.29, 0.717) is 30.2 Å². The summed E-state index contributed by atoms with van der Waals surface area (Å²) in [6, 6.07) is 3.12. The van der Waals surface area contributed by atoms with Crippen LogP contribution in [0, 0.1) is 5.82 Å². The Morgan fingerprint density at radius 2 is 2.19 bits per heavy atom. The summed E-state index contributed by atoms with van der Waals surface area (Å²) in [6.45, 7) is 2.35. The average Bonchev–Trinajstić information content (AvgIpc) is 3.37. The number of ether oxygens (including phenoxy) is 1. The Morgan fingerprint density at radius 1 is 1.29 bits per heavy atom. The van der Waals surface area contributed by atoms with Crippen LogP contribution in [0.4, 0.5) is 10.3 Å². The molecular formula is C21H23FN6O2S. The normalized spacial score (nSPS) is 17.7. The molecule has 1 N–H and O–H groups in total. The third-order valence-corrected chi connectivity index (χ3v) is 6.90. The molecule has 0 spiro atoms. The van der Waals surface area contributed by atoms with Gasteiger partial charge in [-0.1, -0.05) is 6.08 Å². The topological polar surface area (TPSA) is 84.7 Å². The molecule has 8 nitrogen and oxygen atoms in total. The van der Waals surface area contributed by atoms with E-state index in [4.69, 9.17) is 4.74 Å². The Labute approximate surface area is 181 Å². The lowest BCUT2D eigenvalue weighted by molar-refractivity contribution is 0.356. The summed E-state index contributed by atoms with van der Waals surface area (Å²) >= 11 is 0. The van der Waals surface area contributed by atoms with E-state index in [9.17, 15) is 8.60 Å². The van der Waals surface area contributed by atoms with Gasteiger partial charge in [-0.3, -0.25) is 4.40 Å². The first-order valence-electron chi connectivity index (χ1n) is 10.3. The Kier molecular flexibility index (Phi) is 5.41. The summed E-state index contributed by atoms with van der Waals surface area (Å²) in [5.41, 5.74) is 4.23. The van der Waals surface area contributed by atoms with Gasteiger partial charge in [-0.05, 0) is 30.5 Å². The minimum Gasteiger partial charge on any atom is -0.493 e. The number of rotatable bonds is 5. The van der Waals surface area contributed by atoms with Crippen molar-refractivity contribution in [2.24, 2.45) is 0 Å². The van der Waals surface area contributed by atoms with Crippen LogP contribution in [0.5, 0.6) is 5.75 Å². The van der Waals surface area contributed by atoms with Gasteiger partial charge in [0.2, 0.25) is 5.95 Å². The molecule has 1 atom stereocenters. The minimum absolute atomic E-state index is 0.255. The van der Waals surface area contributed by atoms with Gasteiger partial charge in [-0.15, -0.1) is 10.2 Å². The highest BCUT2D eigenvalue weighted by Crippen LogP contribution is 2.31. The Bertz CT molecular complexity index is 1190. The second kappa shape index (κ2) is 8.35. The second-order valence-corrected chi connectivity index (χ2v) is 8.96. The maximum absolute atomic E-state index is 14.5. The van der Waals surface area contributed by atoms with E-state index >= 15 is 0 Å². The molecule has 4 heterocycles. The van der Waals surface area contributed by atoms with Crippen molar-refractivity contribution in [3.63, 3.8) is 0 Å². The third-order valence-electron chi connectivity index (χ3n) is 5.81. The molecule has 0 amide bonds. The molecule has 2 aliphatic rings. The largest absolute Gasteiger partial charge is 0.493 e. The van der Waals surface area contributed by atoms with Crippen molar-refractivity contribution in [3.05, 3.63) is 53.2 Å². The van der Waals surface area contributed by atoms with Crippen LogP contribution in [0.3, 0.4) is 0 Å². The van der Waals surface area contributed by atoms with Crippen molar-refractivity contribution in [1.82, 2.24) is 23.9 Å². The zero-order valence-corrected chi connectivity index (χ0v) is 18.0. The minimum atomic E-state index is -0.979. The van der Waals surface area contributed by atoms with Crippen LogP contribution in [0.15, 0.2) is 30.7 Å². The third kappa shape index (κ3) is 3.81. The fourth-order valence-electron chi connectivity index (χ4n) is 4.19. The van der Waals surface area contributed by atoms with Gasteiger partial charge >= 0.3 is 0 Å². The van der Waals surface area contributed by atoms with Crippen LogP contribution in [0.25, 0.3) is 11.2 Å². The Hall–Kier alpha value is -2.85. The number of benzene rings is 1. The number of aromatic nitrogens is 4. The van der Waals surface area contributed by atoms with Gasteiger partial charge in [0.15, 0.2) is 5.65 Å². The van der Waals surface area contributed by atoms with Crippen LogP contribution in [0.2, 0.25) is 0 Å². The Balaban J connectivity index is 1.41. The summed E-state index contributed by atoms with van der Waals surface area (Å²) in [5, 5.41) is 11.6. The number of nitrogens with zero attached hydrogens (tertiary/aromatic N) is 5. The van der Waals surface area contributed by atoms with Crippen molar-refractivity contribution in [1.29, 1.82) is 0 Å². The van der Waals surface area contributed by atoms with Gasteiger partial charge in [-0.2, -0.15) is 0 Å². The summed E-state index contributed by atoms with van der Waals surface area (Å²) in [6.07, 6.45) is 9.54. The first-order chi connectivity index (χ1) is 15.1. The highest BCUT2D eigenvalue weighted by molar-refractivity contribution is 7.81. The number of fused-ring (bicyclic) bond motifs is 2. The molecule has 31 heavy (non-hydrogen) atoms. The molecule has 162 valence electrons. The molecule has 1 unspecified atom stereocenters. The lowest BCUT2D eigenvalue weighted by Gasteiger charge is -2.16. The molecular weight excluding hydrogens is 419 g/mol. The molecule has 1 aromatic carbocycles. The van der Waals surface area contributed by atoms with Gasteiger partial charge < -0.3 is 10.1 Å². The standard InChI is InChI=1S/C21H23FN6O2S/c1-31(29)27-8-2-3-14(6-9-27)16-11-23-21(28-13-25-26-20(16)28)24-12-17-15-7-10-30-19(15)5-4-18(17)22/h3-5,11,13H,2,6-10,12H2,1H3,(H,23,24). The quantitative estimate of drug-likeness (QED) is 0.654. The number of halogens is 1. The smallest absolute Gasteiger partial charge is 0.210 e. The van der Waals surface area contributed by atoms with Crippen LogP contribution < -0.4 is 10.1 Å². The van der Waals surface area contributed by atoms with Gasteiger partial charge in [0.05, 0.1) is 17.6 Å². The summed E-state index contributed by atoms with van der Waals surface area (Å²) in [7, 11) is -0.979.